The molecule has 108 valence electrons. The molecule has 0 radical (unpaired) electrons. The van der Waals surface area contributed by atoms with E-state index >= 15 is 0 Å². The molecule has 7 heteroatoms. The summed E-state index contributed by atoms with van der Waals surface area (Å²) in [5.74, 6) is -0.561. The van der Waals surface area contributed by atoms with Crippen LogP contribution in [-0.4, -0.2) is 44.5 Å². The molecule has 20 heavy (non-hydrogen) atoms. The van der Waals surface area contributed by atoms with Crippen molar-refractivity contribution in [2.75, 3.05) is 18.6 Å². The van der Waals surface area contributed by atoms with Crippen LogP contribution < -0.4 is 5.32 Å². The molecule has 0 spiro atoms. The summed E-state index contributed by atoms with van der Waals surface area (Å²) in [6.07, 6.45) is 1.74. The van der Waals surface area contributed by atoms with E-state index in [-0.39, 0.29) is 23.1 Å². The Kier molecular flexibility index (Phi) is 3.80. The fourth-order valence-electron chi connectivity index (χ4n) is 2.15. The zero-order valence-corrected chi connectivity index (χ0v) is 12.1. The van der Waals surface area contributed by atoms with Crippen LogP contribution in [0.2, 0.25) is 0 Å². The molecule has 2 rings (SSSR count). The molecule has 0 bridgehead atoms. The quantitative estimate of drug-likeness (QED) is 0.828. The molecular formula is C13H16N2O4S. The lowest BCUT2D eigenvalue weighted by molar-refractivity contribution is -0.146. The Morgan fingerprint density at radius 1 is 1.25 bits per heavy atom. The zero-order valence-electron chi connectivity index (χ0n) is 11.3. The van der Waals surface area contributed by atoms with E-state index in [0.717, 1.165) is 11.2 Å². The van der Waals surface area contributed by atoms with Crippen LogP contribution in [0.25, 0.3) is 0 Å². The number of rotatable bonds is 3. The summed E-state index contributed by atoms with van der Waals surface area (Å²) in [4.78, 5) is 24.6. The number of likely N-dealkylation sites (tertiary alicyclic amines) is 1. The predicted molar refractivity (Wildman–Crippen MR) is 74.0 cm³/mol. The Balaban J connectivity index is 2.28. The molecule has 0 aromatic heterocycles. The summed E-state index contributed by atoms with van der Waals surface area (Å²) in [7, 11) is -1.95. The van der Waals surface area contributed by atoms with Gasteiger partial charge in [0.25, 0.3) is 5.91 Å². The van der Waals surface area contributed by atoms with Gasteiger partial charge in [0.2, 0.25) is 5.91 Å². The van der Waals surface area contributed by atoms with Gasteiger partial charge in [-0.1, -0.05) is 12.1 Å². The number of piperidine rings is 1. The highest BCUT2D eigenvalue weighted by Gasteiger charge is 2.32. The Morgan fingerprint density at radius 2 is 1.90 bits per heavy atom. The molecular weight excluding hydrogens is 280 g/mol. The topological polar surface area (TPSA) is 83.6 Å². The number of carbonyl (C=O) groups excluding carboxylic acids is 2. The van der Waals surface area contributed by atoms with Gasteiger partial charge in [-0.15, -0.1) is 0 Å². The van der Waals surface area contributed by atoms with Gasteiger partial charge in [-0.05, 0) is 18.6 Å². The van der Waals surface area contributed by atoms with E-state index in [0.29, 0.717) is 12.1 Å². The summed E-state index contributed by atoms with van der Waals surface area (Å²) in [5, 5.41) is 2.93. The summed E-state index contributed by atoms with van der Waals surface area (Å²) in [5.41, 5.74) is 0.385. The fourth-order valence-corrected chi connectivity index (χ4v) is 3.00. The maximum Gasteiger partial charge on any atom is 0.251 e. The van der Waals surface area contributed by atoms with Gasteiger partial charge in [0.1, 0.15) is 6.04 Å². The summed E-state index contributed by atoms with van der Waals surface area (Å²) >= 11 is 0. The number of sulfone groups is 1. The molecule has 1 heterocycles. The number of anilines is 1. The monoisotopic (exact) mass is 296 g/mol. The highest BCUT2D eigenvalue weighted by Crippen LogP contribution is 2.24. The standard InChI is InChI=1S/C13H16N2O4S/c1-15-12(16)8-7-10(13(15)17)14-9-5-3-4-6-11(9)20(2,18)19/h3-6,10,14H,7-8H2,1-2H3. The van der Waals surface area contributed by atoms with Gasteiger partial charge in [-0.3, -0.25) is 14.5 Å². The average Bonchev–Trinajstić information content (AvgIpc) is 2.39. The van der Waals surface area contributed by atoms with Crippen molar-refractivity contribution in [3.63, 3.8) is 0 Å². The van der Waals surface area contributed by atoms with E-state index in [1.54, 1.807) is 18.2 Å². The lowest BCUT2D eigenvalue weighted by Crippen LogP contribution is -2.48. The van der Waals surface area contributed by atoms with Gasteiger partial charge in [0.05, 0.1) is 10.6 Å². The van der Waals surface area contributed by atoms with E-state index in [2.05, 4.69) is 5.32 Å². The molecule has 1 aliphatic rings. The molecule has 1 fully saturated rings. The lowest BCUT2D eigenvalue weighted by Gasteiger charge is -2.29. The molecule has 1 unspecified atom stereocenters. The first-order valence-corrected chi connectivity index (χ1v) is 8.06. The van der Waals surface area contributed by atoms with Crippen LogP contribution in [0.15, 0.2) is 29.2 Å². The number of hydrogen-bond donors (Lipinski definition) is 1. The number of nitrogens with one attached hydrogen (secondary N) is 1. The van der Waals surface area contributed by atoms with Crippen LogP contribution in [0.1, 0.15) is 12.8 Å². The summed E-state index contributed by atoms with van der Waals surface area (Å²) in [6.45, 7) is 0. The molecule has 0 aliphatic carbocycles. The van der Waals surface area contributed by atoms with Crippen molar-refractivity contribution in [1.82, 2.24) is 4.90 Å². The molecule has 2 amide bonds. The molecule has 0 saturated carbocycles. The van der Waals surface area contributed by atoms with Crippen LogP contribution in [-0.2, 0) is 19.4 Å². The normalized spacial score (nSPS) is 20.1. The second-order valence-corrected chi connectivity index (χ2v) is 6.78. The number of benzene rings is 1. The third-order valence-corrected chi connectivity index (χ3v) is 4.42. The molecule has 1 saturated heterocycles. The van der Waals surface area contributed by atoms with E-state index in [4.69, 9.17) is 0 Å². The van der Waals surface area contributed by atoms with Crippen LogP contribution in [0, 0.1) is 0 Å². The van der Waals surface area contributed by atoms with Crippen LogP contribution >= 0.6 is 0 Å². The van der Waals surface area contributed by atoms with Gasteiger partial charge >= 0.3 is 0 Å². The first kappa shape index (κ1) is 14.5. The van der Waals surface area contributed by atoms with Gasteiger partial charge < -0.3 is 5.32 Å². The minimum atomic E-state index is -3.38. The minimum absolute atomic E-state index is 0.146. The van der Waals surface area contributed by atoms with Crippen LogP contribution in [0.5, 0.6) is 0 Å². The number of likely N-dealkylation sites (N-methyl/N-ethyl adjacent to an activating group) is 1. The number of para-hydroxylation sites is 1. The highest BCUT2D eigenvalue weighted by molar-refractivity contribution is 7.90. The predicted octanol–water partition coefficient (Wildman–Crippen LogP) is 0.649. The number of hydrogen-bond acceptors (Lipinski definition) is 5. The Bertz CT molecular complexity index is 654. The van der Waals surface area contributed by atoms with Gasteiger partial charge in [-0.25, -0.2) is 8.42 Å². The largest absolute Gasteiger partial charge is 0.373 e. The minimum Gasteiger partial charge on any atom is -0.373 e. The summed E-state index contributed by atoms with van der Waals surface area (Å²) < 4.78 is 23.4. The van der Waals surface area contributed by atoms with Crippen molar-refractivity contribution in [3.05, 3.63) is 24.3 Å². The van der Waals surface area contributed by atoms with E-state index < -0.39 is 15.9 Å². The number of imide groups is 1. The van der Waals surface area contributed by atoms with Crippen molar-refractivity contribution < 1.29 is 18.0 Å². The molecule has 1 aromatic carbocycles. The van der Waals surface area contributed by atoms with Crippen LogP contribution in [0.3, 0.4) is 0 Å². The van der Waals surface area contributed by atoms with Crippen molar-refractivity contribution in [3.8, 4) is 0 Å². The van der Waals surface area contributed by atoms with E-state index in [1.807, 2.05) is 0 Å². The zero-order chi connectivity index (χ0) is 14.9. The Hall–Kier alpha value is -1.89. The second-order valence-electron chi connectivity index (χ2n) is 4.79. The molecule has 6 nitrogen and oxygen atoms in total. The van der Waals surface area contributed by atoms with Crippen LogP contribution in [0.4, 0.5) is 5.69 Å². The SMILES string of the molecule is CN1C(=O)CCC(Nc2ccccc2S(C)(=O)=O)C1=O. The maximum absolute atomic E-state index is 12.0. The lowest BCUT2D eigenvalue weighted by atomic mass is 10.0. The average molecular weight is 296 g/mol. The second kappa shape index (κ2) is 5.24. The van der Waals surface area contributed by atoms with Crippen molar-refractivity contribution in [1.29, 1.82) is 0 Å². The first-order valence-electron chi connectivity index (χ1n) is 6.16. The van der Waals surface area contributed by atoms with E-state index in [1.165, 1.54) is 13.1 Å². The molecule has 1 aliphatic heterocycles. The summed E-state index contributed by atoms with van der Waals surface area (Å²) in [6, 6.07) is 5.83. The third kappa shape index (κ3) is 2.82. The smallest absolute Gasteiger partial charge is 0.251 e. The van der Waals surface area contributed by atoms with Gasteiger partial charge in [0, 0.05) is 19.7 Å². The third-order valence-electron chi connectivity index (χ3n) is 3.27. The highest BCUT2D eigenvalue weighted by atomic mass is 32.2. The maximum atomic E-state index is 12.0. The van der Waals surface area contributed by atoms with Crippen molar-refractivity contribution in [2.24, 2.45) is 0 Å². The van der Waals surface area contributed by atoms with E-state index in [9.17, 15) is 18.0 Å². The first-order chi connectivity index (χ1) is 9.30. The Labute approximate surface area is 117 Å². The molecule has 1 N–H and O–H groups in total. The van der Waals surface area contributed by atoms with Crippen molar-refractivity contribution >= 4 is 27.3 Å². The number of carbonyl (C=O) groups is 2. The Morgan fingerprint density at radius 3 is 2.55 bits per heavy atom. The molecule has 1 atom stereocenters. The molecule has 1 aromatic rings. The van der Waals surface area contributed by atoms with Crippen molar-refractivity contribution in [2.45, 2.75) is 23.8 Å². The number of nitrogens with zero attached hydrogens (tertiary/aromatic N) is 1. The van der Waals surface area contributed by atoms with Gasteiger partial charge in [-0.2, -0.15) is 0 Å². The fraction of sp³-hybridized carbons (Fsp3) is 0.385. The van der Waals surface area contributed by atoms with Gasteiger partial charge in [0.15, 0.2) is 9.84 Å². The number of amides is 2.